The van der Waals surface area contributed by atoms with E-state index < -0.39 is 19.2 Å². The lowest BCUT2D eigenvalue weighted by Gasteiger charge is -2.28. The molecule has 3 rings (SSSR count). The molecule has 1 aliphatic carbocycles. The predicted molar refractivity (Wildman–Crippen MR) is 102 cm³/mol. The van der Waals surface area contributed by atoms with Crippen LogP contribution in [0.2, 0.25) is 0 Å². The Kier molecular flexibility index (Phi) is 6.13. The van der Waals surface area contributed by atoms with Crippen LogP contribution in [0.5, 0.6) is 0 Å². The SMILES string of the molecule is CCOP(=O)(OCC)C(Nc1ccc2c(c1)CCC2)c1ccccc1F. The molecule has 140 valence electrons. The topological polar surface area (TPSA) is 47.6 Å². The summed E-state index contributed by atoms with van der Waals surface area (Å²) >= 11 is 0. The van der Waals surface area contributed by atoms with Crippen molar-refractivity contribution in [2.45, 2.75) is 38.9 Å². The highest BCUT2D eigenvalue weighted by Crippen LogP contribution is 2.61. The summed E-state index contributed by atoms with van der Waals surface area (Å²) in [6, 6.07) is 12.4. The second-order valence-corrected chi connectivity index (χ2v) is 8.39. The first-order chi connectivity index (χ1) is 12.6. The van der Waals surface area contributed by atoms with Crippen molar-refractivity contribution in [3.05, 3.63) is 65.0 Å². The van der Waals surface area contributed by atoms with Crippen molar-refractivity contribution in [2.75, 3.05) is 18.5 Å². The number of nitrogens with one attached hydrogen (secondary N) is 1. The molecule has 6 heteroatoms. The van der Waals surface area contributed by atoms with Crippen LogP contribution in [-0.4, -0.2) is 13.2 Å². The zero-order valence-electron chi connectivity index (χ0n) is 15.2. The van der Waals surface area contributed by atoms with Gasteiger partial charge in [-0.25, -0.2) is 4.39 Å². The molecule has 0 aliphatic heterocycles. The highest BCUT2D eigenvalue weighted by atomic mass is 31.2. The van der Waals surface area contributed by atoms with E-state index in [1.807, 2.05) is 6.07 Å². The van der Waals surface area contributed by atoms with Gasteiger partial charge in [-0.15, -0.1) is 0 Å². The molecule has 1 N–H and O–H groups in total. The second kappa shape index (κ2) is 8.34. The van der Waals surface area contributed by atoms with E-state index >= 15 is 0 Å². The van der Waals surface area contributed by atoms with Crippen LogP contribution in [0.3, 0.4) is 0 Å². The zero-order chi connectivity index (χ0) is 18.6. The molecule has 0 bridgehead atoms. The van der Waals surface area contributed by atoms with E-state index in [1.165, 1.54) is 17.2 Å². The van der Waals surface area contributed by atoms with Crippen LogP contribution in [0.4, 0.5) is 10.1 Å². The van der Waals surface area contributed by atoms with Gasteiger partial charge in [-0.1, -0.05) is 24.3 Å². The first-order valence-corrected chi connectivity index (χ1v) is 10.7. The Hall–Kier alpha value is -1.68. The maximum Gasteiger partial charge on any atom is 0.357 e. The molecular formula is C20H25FNO3P. The average Bonchev–Trinajstić information content (AvgIpc) is 3.08. The molecule has 0 heterocycles. The summed E-state index contributed by atoms with van der Waals surface area (Å²) in [6.45, 7) is 3.93. The van der Waals surface area contributed by atoms with Crippen molar-refractivity contribution in [1.29, 1.82) is 0 Å². The van der Waals surface area contributed by atoms with Gasteiger partial charge in [0.1, 0.15) is 5.82 Å². The number of benzene rings is 2. The van der Waals surface area contributed by atoms with E-state index in [4.69, 9.17) is 9.05 Å². The average molecular weight is 377 g/mol. The van der Waals surface area contributed by atoms with E-state index in [9.17, 15) is 8.96 Å². The fourth-order valence-corrected chi connectivity index (χ4v) is 5.34. The van der Waals surface area contributed by atoms with E-state index in [2.05, 4.69) is 17.4 Å². The molecule has 0 saturated carbocycles. The van der Waals surface area contributed by atoms with Crippen molar-refractivity contribution in [3.63, 3.8) is 0 Å². The van der Waals surface area contributed by atoms with Gasteiger partial charge >= 0.3 is 7.60 Å². The van der Waals surface area contributed by atoms with Gasteiger partial charge in [0, 0.05) is 11.3 Å². The van der Waals surface area contributed by atoms with Gasteiger partial charge in [0.2, 0.25) is 0 Å². The molecule has 1 aliphatic rings. The first kappa shape index (κ1) is 19.1. The summed E-state index contributed by atoms with van der Waals surface area (Å²) in [5.41, 5.74) is 3.69. The number of fused-ring (bicyclic) bond motifs is 1. The van der Waals surface area contributed by atoms with Crippen molar-refractivity contribution < 1.29 is 18.0 Å². The van der Waals surface area contributed by atoms with Gasteiger partial charge in [0.05, 0.1) is 13.2 Å². The third-order valence-electron chi connectivity index (χ3n) is 4.54. The second-order valence-electron chi connectivity index (χ2n) is 6.28. The van der Waals surface area contributed by atoms with Crippen LogP contribution in [0.25, 0.3) is 0 Å². The van der Waals surface area contributed by atoms with Crippen molar-refractivity contribution >= 4 is 13.3 Å². The summed E-state index contributed by atoms with van der Waals surface area (Å²) in [6.07, 6.45) is 3.26. The summed E-state index contributed by atoms with van der Waals surface area (Å²) < 4.78 is 39.0. The lowest BCUT2D eigenvalue weighted by molar-refractivity contribution is 0.213. The molecule has 1 atom stereocenters. The maximum absolute atomic E-state index is 14.5. The van der Waals surface area contributed by atoms with Gasteiger partial charge in [-0.3, -0.25) is 4.57 Å². The predicted octanol–water partition coefficient (Wildman–Crippen LogP) is 5.69. The molecule has 4 nitrogen and oxygen atoms in total. The summed E-state index contributed by atoms with van der Waals surface area (Å²) in [5, 5.41) is 3.22. The molecule has 2 aromatic rings. The Labute approximate surface area is 154 Å². The Bertz CT molecular complexity index is 801. The Morgan fingerprint density at radius 3 is 2.46 bits per heavy atom. The molecule has 0 saturated heterocycles. The first-order valence-electron chi connectivity index (χ1n) is 9.09. The number of aryl methyl sites for hydroxylation is 2. The number of anilines is 1. The minimum Gasteiger partial charge on any atom is -0.368 e. The summed E-state index contributed by atoms with van der Waals surface area (Å²) in [5.74, 6) is -1.35. The van der Waals surface area contributed by atoms with Crippen LogP contribution in [0.15, 0.2) is 42.5 Å². The van der Waals surface area contributed by atoms with Crippen LogP contribution in [0, 0.1) is 5.82 Å². The number of hydrogen-bond acceptors (Lipinski definition) is 4. The molecule has 1 unspecified atom stereocenters. The van der Waals surface area contributed by atoms with E-state index in [1.54, 1.807) is 32.0 Å². The van der Waals surface area contributed by atoms with E-state index in [0.29, 0.717) is 0 Å². The van der Waals surface area contributed by atoms with Crippen LogP contribution < -0.4 is 5.32 Å². The quantitative estimate of drug-likeness (QED) is 0.600. The van der Waals surface area contributed by atoms with Crippen molar-refractivity contribution in [3.8, 4) is 0 Å². The summed E-state index contributed by atoms with van der Waals surface area (Å²) in [4.78, 5) is 0. The fraction of sp³-hybridized carbons (Fsp3) is 0.400. The van der Waals surface area contributed by atoms with Crippen LogP contribution >= 0.6 is 7.60 Å². The number of halogens is 1. The monoisotopic (exact) mass is 377 g/mol. The minimum absolute atomic E-state index is 0.216. The van der Waals surface area contributed by atoms with Crippen LogP contribution in [0.1, 0.15) is 42.7 Å². The highest BCUT2D eigenvalue weighted by molar-refractivity contribution is 7.54. The van der Waals surface area contributed by atoms with E-state index in [0.717, 1.165) is 24.9 Å². The molecular weight excluding hydrogens is 352 g/mol. The van der Waals surface area contributed by atoms with Gasteiger partial charge in [0.15, 0.2) is 5.78 Å². The Morgan fingerprint density at radius 2 is 1.77 bits per heavy atom. The molecule has 0 radical (unpaired) electrons. The molecule has 0 fully saturated rings. The smallest absolute Gasteiger partial charge is 0.357 e. The Balaban J connectivity index is 2.00. The normalized spacial score (nSPS) is 14.9. The maximum atomic E-state index is 14.5. The minimum atomic E-state index is -3.61. The molecule has 2 aromatic carbocycles. The van der Waals surface area contributed by atoms with Gasteiger partial charge in [0.25, 0.3) is 0 Å². The van der Waals surface area contributed by atoms with Crippen molar-refractivity contribution in [2.24, 2.45) is 0 Å². The standard InChI is InChI=1S/C20H25FNO3P/c1-3-24-26(23,25-4-2)20(18-10-5-6-11-19(18)21)22-17-13-12-15-8-7-9-16(15)14-17/h5-6,10-14,20,22H,3-4,7-9H2,1-2H3. The third kappa shape index (κ3) is 4.01. The number of rotatable bonds is 8. The lowest BCUT2D eigenvalue weighted by Crippen LogP contribution is -2.16. The zero-order valence-corrected chi connectivity index (χ0v) is 16.1. The van der Waals surface area contributed by atoms with E-state index in [-0.39, 0.29) is 18.8 Å². The van der Waals surface area contributed by atoms with Gasteiger partial charge < -0.3 is 14.4 Å². The molecule has 0 amide bonds. The molecule has 0 aromatic heterocycles. The fourth-order valence-electron chi connectivity index (χ4n) is 3.39. The largest absolute Gasteiger partial charge is 0.368 e. The third-order valence-corrected chi connectivity index (χ3v) is 6.81. The van der Waals surface area contributed by atoms with Crippen molar-refractivity contribution in [1.82, 2.24) is 0 Å². The van der Waals surface area contributed by atoms with Gasteiger partial charge in [-0.05, 0) is 62.4 Å². The number of hydrogen-bond donors (Lipinski definition) is 1. The van der Waals surface area contributed by atoms with Gasteiger partial charge in [-0.2, -0.15) is 0 Å². The lowest BCUT2D eigenvalue weighted by atomic mass is 10.1. The highest BCUT2D eigenvalue weighted by Gasteiger charge is 2.38. The van der Waals surface area contributed by atoms with Crippen LogP contribution in [-0.2, 0) is 26.5 Å². The molecule has 26 heavy (non-hydrogen) atoms. The summed E-state index contributed by atoms with van der Waals surface area (Å²) in [7, 11) is -3.61. The molecule has 0 spiro atoms. The Morgan fingerprint density at radius 1 is 1.08 bits per heavy atom.